The fourth-order valence-corrected chi connectivity index (χ4v) is 3.53. The largest absolute Gasteiger partial charge is 0.497 e. The molecule has 4 rings (SSSR count). The summed E-state index contributed by atoms with van der Waals surface area (Å²) in [7, 11) is 3.70. The number of amides is 1. The van der Waals surface area contributed by atoms with Crippen molar-refractivity contribution in [1.29, 1.82) is 0 Å². The summed E-state index contributed by atoms with van der Waals surface area (Å²) >= 11 is 0. The number of aryl methyl sites for hydroxylation is 2. The number of ether oxygens (including phenoxy) is 1. The van der Waals surface area contributed by atoms with Crippen LogP contribution in [0.1, 0.15) is 27.2 Å². The van der Waals surface area contributed by atoms with Crippen molar-refractivity contribution in [3.8, 4) is 5.75 Å². The summed E-state index contributed by atoms with van der Waals surface area (Å²) in [4.78, 5) is 14.7. The second-order valence-corrected chi connectivity index (χ2v) is 6.39. The van der Waals surface area contributed by atoms with Crippen LogP contribution in [0.25, 0.3) is 10.9 Å². The molecule has 1 aliphatic rings. The van der Waals surface area contributed by atoms with E-state index in [1.54, 1.807) is 7.11 Å². The molecule has 0 bridgehead atoms. The third-order valence-corrected chi connectivity index (χ3v) is 5.22. The molecule has 1 aromatic heterocycles. The minimum Gasteiger partial charge on any atom is -0.497 e. The van der Waals surface area contributed by atoms with Crippen molar-refractivity contribution in [3.05, 3.63) is 58.8 Å². The maximum Gasteiger partial charge on any atom is 0.259 e. The van der Waals surface area contributed by atoms with Gasteiger partial charge >= 0.3 is 0 Å². The minimum atomic E-state index is 0.0357. The molecule has 2 heterocycles. The molecule has 24 heavy (non-hydrogen) atoms. The zero-order chi connectivity index (χ0) is 17.0. The molecule has 4 heteroatoms. The van der Waals surface area contributed by atoms with Crippen LogP contribution in [-0.2, 0) is 13.6 Å². The zero-order valence-electron chi connectivity index (χ0n) is 14.4. The molecule has 0 saturated carbocycles. The smallest absolute Gasteiger partial charge is 0.259 e. The average Bonchev–Trinajstić information content (AvgIpc) is 3.05. The Morgan fingerprint density at radius 3 is 2.62 bits per heavy atom. The van der Waals surface area contributed by atoms with Gasteiger partial charge in [-0.15, -0.1) is 0 Å². The molecule has 0 fully saturated rings. The van der Waals surface area contributed by atoms with E-state index in [2.05, 4.69) is 37.6 Å². The predicted octanol–water partition coefficient (Wildman–Crippen LogP) is 3.96. The molecule has 0 saturated heterocycles. The number of hydrogen-bond acceptors (Lipinski definition) is 2. The Bertz CT molecular complexity index is 985. The standard InChI is InChI=1S/C20H20N2O2/c1-12-13(2)21(3)19-8-6-15(9-17(12)19)22-11-14-5-7-16(24-4)10-18(14)20(22)23/h5-10H,11H2,1-4H3. The summed E-state index contributed by atoms with van der Waals surface area (Å²) in [6, 6.07) is 12.0. The monoisotopic (exact) mass is 320 g/mol. The number of carbonyl (C=O) groups excluding carboxylic acids is 1. The molecule has 1 amide bonds. The van der Waals surface area contributed by atoms with Gasteiger partial charge in [0.1, 0.15) is 5.75 Å². The maximum absolute atomic E-state index is 12.8. The van der Waals surface area contributed by atoms with E-state index < -0.39 is 0 Å². The Kier molecular flexibility index (Phi) is 3.17. The van der Waals surface area contributed by atoms with E-state index in [0.29, 0.717) is 12.3 Å². The number of nitrogens with zero attached hydrogens (tertiary/aromatic N) is 2. The quantitative estimate of drug-likeness (QED) is 0.716. The van der Waals surface area contributed by atoms with Gasteiger partial charge in [-0.1, -0.05) is 6.07 Å². The lowest BCUT2D eigenvalue weighted by molar-refractivity contribution is 0.0996. The molecule has 122 valence electrons. The first kappa shape index (κ1) is 14.8. The highest BCUT2D eigenvalue weighted by atomic mass is 16.5. The van der Waals surface area contributed by atoms with Crippen molar-refractivity contribution in [2.75, 3.05) is 12.0 Å². The third kappa shape index (κ3) is 1.96. The molecule has 0 radical (unpaired) electrons. The van der Waals surface area contributed by atoms with Crippen LogP contribution >= 0.6 is 0 Å². The lowest BCUT2D eigenvalue weighted by Crippen LogP contribution is -2.22. The van der Waals surface area contributed by atoms with Crippen molar-refractivity contribution in [1.82, 2.24) is 4.57 Å². The summed E-state index contributed by atoms with van der Waals surface area (Å²) in [6.07, 6.45) is 0. The zero-order valence-corrected chi connectivity index (χ0v) is 14.4. The second kappa shape index (κ2) is 5.13. The van der Waals surface area contributed by atoms with Crippen molar-refractivity contribution in [2.45, 2.75) is 20.4 Å². The Morgan fingerprint density at radius 1 is 1.08 bits per heavy atom. The SMILES string of the molecule is COc1ccc2c(c1)C(=O)N(c1ccc3c(c1)c(C)c(C)n3C)C2. The second-order valence-electron chi connectivity index (χ2n) is 6.39. The van der Waals surface area contributed by atoms with Crippen LogP contribution in [0.15, 0.2) is 36.4 Å². The molecule has 3 aromatic rings. The van der Waals surface area contributed by atoms with Gasteiger partial charge in [-0.25, -0.2) is 0 Å². The van der Waals surface area contributed by atoms with Crippen molar-refractivity contribution >= 4 is 22.5 Å². The topological polar surface area (TPSA) is 34.5 Å². The van der Waals surface area contributed by atoms with Gasteiger partial charge in [-0.2, -0.15) is 0 Å². The van der Waals surface area contributed by atoms with Gasteiger partial charge in [0.05, 0.1) is 13.7 Å². The van der Waals surface area contributed by atoms with Gasteiger partial charge in [0, 0.05) is 34.9 Å². The van der Waals surface area contributed by atoms with Crippen LogP contribution in [0.2, 0.25) is 0 Å². The third-order valence-electron chi connectivity index (χ3n) is 5.22. The predicted molar refractivity (Wildman–Crippen MR) is 95.9 cm³/mol. The van der Waals surface area contributed by atoms with Crippen LogP contribution in [0.4, 0.5) is 5.69 Å². The number of hydrogen-bond donors (Lipinski definition) is 0. The van der Waals surface area contributed by atoms with Crippen LogP contribution < -0.4 is 9.64 Å². The number of aromatic nitrogens is 1. The Labute approximate surface area is 141 Å². The molecule has 1 aliphatic heterocycles. The van der Waals surface area contributed by atoms with Gasteiger partial charge < -0.3 is 14.2 Å². The molecule has 2 aromatic carbocycles. The average molecular weight is 320 g/mol. The lowest BCUT2D eigenvalue weighted by atomic mass is 10.1. The highest BCUT2D eigenvalue weighted by Crippen LogP contribution is 2.34. The molecule has 0 N–H and O–H groups in total. The van der Waals surface area contributed by atoms with E-state index in [1.807, 2.05) is 29.2 Å². The Hall–Kier alpha value is -2.75. The first-order chi connectivity index (χ1) is 11.5. The summed E-state index contributed by atoms with van der Waals surface area (Å²) in [5.41, 5.74) is 6.43. The van der Waals surface area contributed by atoms with Crippen molar-refractivity contribution in [3.63, 3.8) is 0 Å². The molecule has 0 aliphatic carbocycles. The van der Waals surface area contributed by atoms with Crippen molar-refractivity contribution in [2.24, 2.45) is 7.05 Å². The van der Waals surface area contributed by atoms with E-state index in [-0.39, 0.29) is 5.91 Å². The first-order valence-electron chi connectivity index (χ1n) is 8.05. The fraction of sp³-hybridized carbons (Fsp3) is 0.250. The van der Waals surface area contributed by atoms with E-state index in [1.165, 1.54) is 22.2 Å². The number of carbonyl (C=O) groups is 1. The van der Waals surface area contributed by atoms with E-state index in [9.17, 15) is 4.79 Å². The minimum absolute atomic E-state index is 0.0357. The Balaban J connectivity index is 1.79. The first-order valence-corrected chi connectivity index (χ1v) is 8.05. The molecule has 0 atom stereocenters. The van der Waals surface area contributed by atoms with E-state index in [0.717, 1.165) is 16.8 Å². The van der Waals surface area contributed by atoms with Crippen LogP contribution in [0.5, 0.6) is 5.75 Å². The number of anilines is 1. The molecule has 0 spiro atoms. The summed E-state index contributed by atoms with van der Waals surface area (Å²) < 4.78 is 7.44. The number of fused-ring (bicyclic) bond motifs is 2. The fourth-order valence-electron chi connectivity index (χ4n) is 3.53. The highest BCUT2D eigenvalue weighted by molar-refractivity contribution is 6.11. The van der Waals surface area contributed by atoms with Crippen LogP contribution in [0.3, 0.4) is 0 Å². The molecule has 4 nitrogen and oxygen atoms in total. The summed E-state index contributed by atoms with van der Waals surface area (Å²) in [5.74, 6) is 0.752. The van der Waals surface area contributed by atoms with Crippen LogP contribution in [0, 0.1) is 13.8 Å². The Morgan fingerprint density at radius 2 is 1.88 bits per heavy atom. The van der Waals surface area contributed by atoms with Gasteiger partial charge in [-0.05, 0) is 55.3 Å². The maximum atomic E-state index is 12.8. The molecular formula is C20H20N2O2. The van der Waals surface area contributed by atoms with E-state index >= 15 is 0 Å². The molecular weight excluding hydrogens is 300 g/mol. The van der Waals surface area contributed by atoms with Gasteiger partial charge in [0.2, 0.25) is 0 Å². The summed E-state index contributed by atoms with van der Waals surface area (Å²) in [5, 5.41) is 1.20. The van der Waals surface area contributed by atoms with E-state index in [4.69, 9.17) is 4.74 Å². The molecule has 0 unspecified atom stereocenters. The number of benzene rings is 2. The van der Waals surface area contributed by atoms with Crippen LogP contribution in [-0.4, -0.2) is 17.6 Å². The highest BCUT2D eigenvalue weighted by Gasteiger charge is 2.29. The number of rotatable bonds is 2. The lowest BCUT2D eigenvalue weighted by Gasteiger charge is -2.16. The van der Waals surface area contributed by atoms with Gasteiger partial charge in [-0.3, -0.25) is 4.79 Å². The van der Waals surface area contributed by atoms with Crippen molar-refractivity contribution < 1.29 is 9.53 Å². The number of methoxy groups -OCH3 is 1. The van der Waals surface area contributed by atoms with Gasteiger partial charge in [0.15, 0.2) is 0 Å². The normalized spacial score (nSPS) is 13.7. The van der Waals surface area contributed by atoms with Gasteiger partial charge in [0.25, 0.3) is 5.91 Å². The summed E-state index contributed by atoms with van der Waals surface area (Å²) in [6.45, 7) is 4.86.